The van der Waals surface area contributed by atoms with Crippen LogP contribution >= 0.6 is 15.9 Å². The van der Waals surface area contributed by atoms with Crippen LogP contribution in [0.1, 0.15) is 0 Å². The first kappa shape index (κ1) is 16.2. The Balaban J connectivity index is 1.96. The summed E-state index contributed by atoms with van der Waals surface area (Å²) >= 11 is 3.47. The number of anilines is 3. The van der Waals surface area contributed by atoms with Gasteiger partial charge in [0.05, 0.1) is 5.69 Å². The third-order valence-corrected chi connectivity index (χ3v) is 3.80. The molecule has 2 N–H and O–H groups in total. The second kappa shape index (κ2) is 7.75. The van der Waals surface area contributed by atoms with Gasteiger partial charge in [-0.05, 0) is 18.2 Å². The molecule has 24 heavy (non-hydrogen) atoms. The van der Waals surface area contributed by atoms with E-state index in [2.05, 4.69) is 43.1 Å². The summed E-state index contributed by atoms with van der Waals surface area (Å²) in [5, 5.41) is 6.48. The molecule has 0 saturated carbocycles. The molecule has 2 aromatic carbocycles. The van der Waals surface area contributed by atoms with Crippen molar-refractivity contribution in [3.05, 3.63) is 77.8 Å². The van der Waals surface area contributed by atoms with Gasteiger partial charge in [0.15, 0.2) is 0 Å². The summed E-state index contributed by atoms with van der Waals surface area (Å²) in [6.45, 7) is 4.37. The van der Waals surface area contributed by atoms with Crippen LogP contribution in [0.15, 0.2) is 77.8 Å². The average molecular weight is 381 g/mol. The van der Waals surface area contributed by atoms with Gasteiger partial charge in [0.25, 0.3) is 0 Å². The summed E-state index contributed by atoms with van der Waals surface area (Å²) in [5.41, 5.74) is 2.82. The van der Waals surface area contributed by atoms with Crippen LogP contribution in [-0.4, -0.2) is 16.5 Å². The van der Waals surface area contributed by atoms with Crippen LogP contribution in [0, 0.1) is 0 Å². The van der Waals surface area contributed by atoms with Crippen molar-refractivity contribution in [1.82, 2.24) is 9.97 Å². The van der Waals surface area contributed by atoms with E-state index in [1.165, 1.54) is 0 Å². The topological polar surface area (TPSA) is 49.8 Å². The zero-order valence-electron chi connectivity index (χ0n) is 13.0. The van der Waals surface area contributed by atoms with Crippen molar-refractivity contribution in [2.75, 3.05) is 17.2 Å². The van der Waals surface area contributed by atoms with Crippen molar-refractivity contribution in [2.24, 2.45) is 0 Å². The van der Waals surface area contributed by atoms with E-state index in [1.807, 2.05) is 60.7 Å². The molecule has 120 valence electrons. The molecule has 0 fully saturated rings. The number of benzene rings is 2. The van der Waals surface area contributed by atoms with Gasteiger partial charge in [-0.25, -0.2) is 4.98 Å². The summed E-state index contributed by atoms with van der Waals surface area (Å²) in [7, 11) is 0. The largest absolute Gasteiger partial charge is 0.366 e. The van der Waals surface area contributed by atoms with Crippen molar-refractivity contribution >= 4 is 33.4 Å². The molecule has 0 bridgehead atoms. The van der Waals surface area contributed by atoms with E-state index in [1.54, 1.807) is 6.08 Å². The van der Waals surface area contributed by atoms with Gasteiger partial charge in [-0.3, -0.25) is 0 Å². The van der Waals surface area contributed by atoms with Crippen LogP contribution in [0.3, 0.4) is 0 Å². The fraction of sp³-hybridized carbons (Fsp3) is 0.0526. The van der Waals surface area contributed by atoms with Crippen LogP contribution in [0.25, 0.3) is 11.3 Å². The lowest BCUT2D eigenvalue weighted by Crippen LogP contribution is -2.05. The van der Waals surface area contributed by atoms with Gasteiger partial charge in [-0.1, -0.05) is 58.4 Å². The number of hydrogen-bond donors (Lipinski definition) is 2. The lowest BCUT2D eigenvalue weighted by Gasteiger charge is -2.11. The van der Waals surface area contributed by atoms with Crippen LogP contribution in [-0.2, 0) is 0 Å². The number of aromatic nitrogens is 2. The highest BCUT2D eigenvalue weighted by Crippen LogP contribution is 2.24. The third kappa shape index (κ3) is 4.20. The highest BCUT2D eigenvalue weighted by molar-refractivity contribution is 9.10. The minimum Gasteiger partial charge on any atom is -0.366 e. The third-order valence-electron chi connectivity index (χ3n) is 3.30. The molecule has 0 unspecified atom stereocenters. The van der Waals surface area contributed by atoms with Crippen molar-refractivity contribution in [3.63, 3.8) is 0 Å². The molecule has 0 saturated heterocycles. The van der Waals surface area contributed by atoms with Crippen molar-refractivity contribution in [1.29, 1.82) is 0 Å². The number of halogens is 1. The molecule has 0 radical (unpaired) electrons. The predicted octanol–water partition coefficient (Wildman–Crippen LogP) is 5.25. The second-order valence-corrected chi connectivity index (χ2v) is 6.05. The summed E-state index contributed by atoms with van der Waals surface area (Å²) < 4.78 is 0.997. The molecule has 0 aliphatic carbocycles. The van der Waals surface area contributed by atoms with E-state index < -0.39 is 0 Å². The van der Waals surface area contributed by atoms with Crippen molar-refractivity contribution < 1.29 is 0 Å². The Morgan fingerprint density at radius 1 is 1.00 bits per heavy atom. The first-order valence-electron chi connectivity index (χ1n) is 7.56. The van der Waals surface area contributed by atoms with Gasteiger partial charge in [0.1, 0.15) is 5.82 Å². The maximum absolute atomic E-state index is 4.63. The molecular formula is C19H17BrN4. The van der Waals surface area contributed by atoms with E-state index in [4.69, 9.17) is 0 Å². The summed E-state index contributed by atoms with van der Waals surface area (Å²) in [6, 6.07) is 19.9. The van der Waals surface area contributed by atoms with Crippen LogP contribution in [0.2, 0.25) is 0 Å². The van der Waals surface area contributed by atoms with Gasteiger partial charge in [-0.15, -0.1) is 6.58 Å². The maximum Gasteiger partial charge on any atom is 0.229 e. The molecule has 0 spiro atoms. The number of nitrogens with zero attached hydrogens (tertiary/aromatic N) is 2. The SMILES string of the molecule is C=CCNc1cc(-c2ccccc2)nc(Nc2cccc(Br)c2)n1. The Hall–Kier alpha value is -2.66. The summed E-state index contributed by atoms with van der Waals surface area (Å²) in [4.78, 5) is 9.16. The zero-order chi connectivity index (χ0) is 16.8. The Morgan fingerprint density at radius 3 is 2.58 bits per heavy atom. The van der Waals surface area contributed by atoms with Crippen molar-refractivity contribution in [3.8, 4) is 11.3 Å². The van der Waals surface area contributed by atoms with Gasteiger partial charge < -0.3 is 10.6 Å². The van der Waals surface area contributed by atoms with E-state index in [-0.39, 0.29) is 0 Å². The van der Waals surface area contributed by atoms with E-state index in [9.17, 15) is 0 Å². The molecule has 4 nitrogen and oxygen atoms in total. The Kier molecular flexibility index (Phi) is 5.23. The van der Waals surface area contributed by atoms with Gasteiger partial charge in [0, 0.05) is 28.3 Å². The first-order chi connectivity index (χ1) is 11.7. The standard InChI is InChI=1S/C19H17BrN4/c1-2-11-21-18-13-17(14-7-4-3-5-8-14)23-19(24-18)22-16-10-6-9-15(20)12-16/h2-10,12-13H,1,11H2,(H2,21,22,23,24). The maximum atomic E-state index is 4.63. The molecule has 5 heteroatoms. The zero-order valence-corrected chi connectivity index (χ0v) is 14.6. The molecule has 0 atom stereocenters. The van der Waals surface area contributed by atoms with Gasteiger partial charge >= 0.3 is 0 Å². The summed E-state index contributed by atoms with van der Waals surface area (Å²) in [5.74, 6) is 1.29. The highest BCUT2D eigenvalue weighted by atomic mass is 79.9. The van der Waals surface area contributed by atoms with Gasteiger partial charge in [-0.2, -0.15) is 4.98 Å². The molecule has 3 rings (SSSR count). The van der Waals surface area contributed by atoms with Crippen LogP contribution in [0.5, 0.6) is 0 Å². The molecule has 3 aromatic rings. The molecule has 1 heterocycles. The summed E-state index contributed by atoms with van der Waals surface area (Å²) in [6.07, 6.45) is 1.80. The monoisotopic (exact) mass is 380 g/mol. The molecule has 0 aliphatic rings. The lowest BCUT2D eigenvalue weighted by molar-refractivity contribution is 1.14. The second-order valence-electron chi connectivity index (χ2n) is 5.13. The van der Waals surface area contributed by atoms with Crippen LogP contribution < -0.4 is 10.6 Å². The minimum atomic E-state index is 0.543. The fourth-order valence-corrected chi connectivity index (χ4v) is 2.62. The smallest absolute Gasteiger partial charge is 0.229 e. The fourth-order valence-electron chi connectivity index (χ4n) is 2.22. The van der Waals surface area contributed by atoms with Crippen LogP contribution in [0.4, 0.5) is 17.5 Å². The first-order valence-corrected chi connectivity index (χ1v) is 8.36. The molecule has 0 aliphatic heterocycles. The van der Waals surface area contributed by atoms with Gasteiger partial charge in [0.2, 0.25) is 5.95 Å². The van der Waals surface area contributed by atoms with Crippen molar-refractivity contribution in [2.45, 2.75) is 0 Å². The highest BCUT2D eigenvalue weighted by Gasteiger charge is 2.07. The predicted molar refractivity (Wildman–Crippen MR) is 104 cm³/mol. The molecule has 1 aromatic heterocycles. The number of hydrogen-bond acceptors (Lipinski definition) is 4. The average Bonchev–Trinajstić information content (AvgIpc) is 2.60. The minimum absolute atomic E-state index is 0.543. The number of nitrogens with one attached hydrogen (secondary N) is 2. The van der Waals surface area contributed by atoms with E-state index in [0.29, 0.717) is 12.5 Å². The Morgan fingerprint density at radius 2 is 1.83 bits per heavy atom. The van der Waals surface area contributed by atoms with E-state index in [0.717, 1.165) is 27.2 Å². The lowest BCUT2D eigenvalue weighted by atomic mass is 10.1. The Bertz CT molecular complexity index is 834. The Labute approximate surface area is 149 Å². The number of rotatable bonds is 6. The normalized spacial score (nSPS) is 10.2. The molecule has 0 amide bonds. The molecular weight excluding hydrogens is 364 g/mol. The van der Waals surface area contributed by atoms with E-state index >= 15 is 0 Å². The quantitative estimate of drug-likeness (QED) is 0.573.